The standard InChI is InChI=1S/C35H40FN7O7S/c1-5-50-32-26(7-6-12-38-32)35(33(44)39-42-13-10-24(11-14-42)41-17-15-40(2)16-18-41)27-19-23(22-37)28(36)21-29(27)43(34(35)45)51(46,47)31-9-8-25(48-3)20-30(31)49-4/h6-9,12,19-21,24H,5,10-11,13-18H2,1-4H3,(H,39,44). The Morgan fingerprint density at radius 2 is 1.78 bits per heavy atom. The van der Waals surface area contributed by atoms with Crippen molar-refractivity contribution >= 4 is 27.5 Å². The smallest absolute Gasteiger partial charge is 0.274 e. The molecule has 0 saturated carbocycles. The van der Waals surface area contributed by atoms with E-state index >= 15 is 9.18 Å². The van der Waals surface area contributed by atoms with Gasteiger partial charge in [0.2, 0.25) is 5.88 Å². The highest BCUT2D eigenvalue weighted by Gasteiger charge is 2.63. The number of sulfonamides is 1. The number of anilines is 1. The van der Waals surface area contributed by atoms with E-state index in [1.807, 2.05) is 0 Å². The molecule has 1 aromatic heterocycles. The fourth-order valence-corrected chi connectivity index (χ4v) is 8.70. The number of fused-ring (bicyclic) bond motifs is 1. The van der Waals surface area contributed by atoms with Gasteiger partial charge in [0.25, 0.3) is 21.8 Å². The summed E-state index contributed by atoms with van der Waals surface area (Å²) >= 11 is 0. The van der Waals surface area contributed by atoms with E-state index in [1.54, 1.807) is 18.0 Å². The average Bonchev–Trinajstić information content (AvgIpc) is 3.39. The molecule has 270 valence electrons. The number of carbonyl (C=O) groups excluding carboxylic acids is 2. The molecule has 2 aromatic carbocycles. The van der Waals surface area contributed by atoms with Gasteiger partial charge in [0.15, 0.2) is 5.41 Å². The number of aromatic nitrogens is 1. The monoisotopic (exact) mass is 721 g/mol. The van der Waals surface area contributed by atoms with Crippen molar-refractivity contribution in [2.24, 2.45) is 0 Å². The second-order valence-corrected chi connectivity index (χ2v) is 14.3. The van der Waals surface area contributed by atoms with Crippen LogP contribution in [0.5, 0.6) is 17.4 Å². The van der Waals surface area contributed by atoms with Crippen molar-refractivity contribution in [3.63, 3.8) is 0 Å². The summed E-state index contributed by atoms with van der Waals surface area (Å²) in [5, 5.41) is 11.6. The number of hydrogen-bond donors (Lipinski definition) is 1. The lowest BCUT2D eigenvalue weighted by molar-refractivity contribution is -0.137. The minimum absolute atomic E-state index is 0.0715. The maximum atomic E-state index is 15.5. The zero-order valence-corrected chi connectivity index (χ0v) is 29.7. The van der Waals surface area contributed by atoms with Gasteiger partial charge in [0.05, 0.1) is 32.1 Å². The Hall–Kier alpha value is -4.82. The van der Waals surface area contributed by atoms with Crippen LogP contribution in [-0.2, 0) is 25.0 Å². The van der Waals surface area contributed by atoms with Crippen molar-refractivity contribution in [3.8, 4) is 23.4 Å². The lowest BCUT2D eigenvalue weighted by atomic mass is 9.74. The first-order chi connectivity index (χ1) is 24.5. The van der Waals surface area contributed by atoms with Crippen molar-refractivity contribution in [2.75, 3.05) is 71.4 Å². The van der Waals surface area contributed by atoms with Crippen molar-refractivity contribution < 1.29 is 36.6 Å². The van der Waals surface area contributed by atoms with Gasteiger partial charge < -0.3 is 19.1 Å². The fraction of sp³-hybridized carbons (Fsp3) is 0.429. The summed E-state index contributed by atoms with van der Waals surface area (Å²) in [4.78, 5) is 38.7. The van der Waals surface area contributed by atoms with Crippen LogP contribution in [0.4, 0.5) is 10.1 Å². The summed E-state index contributed by atoms with van der Waals surface area (Å²) in [7, 11) is -0.168. The van der Waals surface area contributed by atoms with Gasteiger partial charge in [-0.15, -0.1) is 0 Å². The van der Waals surface area contributed by atoms with Gasteiger partial charge in [-0.25, -0.2) is 27.1 Å². The molecule has 3 aromatic rings. The van der Waals surface area contributed by atoms with Crippen LogP contribution in [0, 0.1) is 17.1 Å². The Bertz CT molecular complexity index is 1970. The molecule has 2 saturated heterocycles. The van der Waals surface area contributed by atoms with Crippen LogP contribution in [0.2, 0.25) is 0 Å². The summed E-state index contributed by atoms with van der Waals surface area (Å²) in [5.41, 5.74) is -0.805. The number of nitriles is 1. The quantitative estimate of drug-likeness (QED) is 0.305. The number of carbonyl (C=O) groups is 2. The first kappa shape index (κ1) is 36.0. The van der Waals surface area contributed by atoms with Gasteiger partial charge in [-0.2, -0.15) is 5.26 Å². The molecule has 0 radical (unpaired) electrons. The van der Waals surface area contributed by atoms with Crippen LogP contribution in [0.15, 0.2) is 53.6 Å². The second-order valence-electron chi connectivity index (χ2n) is 12.6. The number of nitrogens with zero attached hydrogens (tertiary/aromatic N) is 6. The lowest BCUT2D eigenvalue weighted by Gasteiger charge is -2.42. The van der Waals surface area contributed by atoms with Crippen LogP contribution < -0.4 is 23.9 Å². The molecule has 6 rings (SSSR count). The Labute approximate surface area is 296 Å². The number of hydrazine groups is 1. The third kappa shape index (κ3) is 6.24. The van der Waals surface area contributed by atoms with Gasteiger partial charge in [0, 0.05) is 74.8 Å². The predicted octanol–water partition coefficient (Wildman–Crippen LogP) is 2.27. The average molecular weight is 722 g/mol. The minimum atomic E-state index is -4.91. The van der Waals surface area contributed by atoms with E-state index < -0.39 is 49.2 Å². The Morgan fingerprint density at radius 1 is 1.06 bits per heavy atom. The molecular weight excluding hydrogens is 681 g/mol. The molecule has 1 unspecified atom stereocenters. The molecule has 16 heteroatoms. The first-order valence-corrected chi connectivity index (χ1v) is 18.1. The highest BCUT2D eigenvalue weighted by molar-refractivity contribution is 7.93. The van der Waals surface area contributed by atoms with Crippen LogP contribution in [0.25, 0.3) is 0 Å². The van der Waals surface area contributed by atoms with E-state index in [2.05, 4.69) is 27.3 Å². The molecule has 2 amide bonds. The maximum absolute atomic E-state index is 15.5. The van der Waals surface area contributed by atoms with Gasteiger partial charge in [-0.3, -0.25) is 19.9 Å². The van der Waals surface area contributed by atoms with E-state index in [0.717, 1.165) is 51.2 Å². The summed E-state index contributed by atoms with van der Waals surface area (Å²) in [6.45, 7) is 6.56. The fourth-order valence-electron chi connectivity index (χ4n) is 7.11. The van der Waals surface area contributed by atoms with Gasteiger partial charge in [0.1, 0.15) is 28.3 Å². The van der Waals surface area contributed by atoms with Crippen molar-refractivity contribution in [1.82, 2.24) is 25.2 Å². The van der Waals surface area contributed by atoms with Crippen molar-refractivity contribution in [3.05, 3.63) is 71.2 Å². The number of amides is 2. The number of rotatable bonds is 10. The third-order valence-corrected chi connectivity index (χ3v) is 11.5. The van der Waals surface area contributed by atoms with E-state index in [4.69, 9.17) is 14.2 Å². The van der Waals surface area contributed by atoms with Gasteiger partial charge >= 0.3 is 0 Å². The van der Waals surface area contributed by atoms with Crippen LogP contribution >= 0.6 is 0 Å². The molecule has 3 aliphatic heterocycles. The molecule has 51 heavy (non-hydrogen) atoms. The van der Waals surface area contributed by atoms with E-state index in [9.17, 15) is 18.5 Å². The number of pyridine rings is 1. The number of methoxy groups -OCH3 is 2. The van der Waals surface area contributed by atoms with Crippen LogP contribution in [0.1, 0.15) is 36.5 Å². The van der Waals surface area contributed by atoms with Crippen molar-refractivity contribution in [2.45, 2.75) is 36.1 Å². The minimum Gasteiger partial charge on any atom is -0.497 e. The van der Waals surface area contributed by atoms with Crippen molar-refractivity contribution in [1.29, 1.82) is 5.26 Å². The molecule has 14 nitrogen and oxygen atoms in total. The molecular formula is C35H40FN7O7S. The van der Waals surface area contributed by atoms with E-state index in [-0.39, 0.29) is 35.1 Å². The Kier molecular flexibility index (Phi) is 10.2. The van der Waals surface area contributed by atoms with Crippen LogP contribution in [0.3, 0.4) is 0 Å². The summed E-state index contributed by atoms with van der Waals surface area (Å²) in [6.07, 6.45) is 2.91. The molecule has 1 N–H and O–H groups in total. The third-order valence-electron chi connectivity index (χ3n) is 9.80. The summed E-state index contributed by atoms with van der Waals surface area (Å²) in [6, 6.07) is 10.7. The number of likely N-dealkylation sites (N-methyl/N-ethyl adjacent to an activating group) is 1. The van der Waals surface area contributed by atoms with Crippen LogP contribution in [-0.4, -0.2) is 113 Å². The zero-order chi connectivity index (χ0) is 36.5. The second kappa shape index (κ2) is 14.4. The zero-order valence-electron chi connectivity index (χ0n) is 28.9. The number of piperidine rings is 1. The Balaban J connectivity index is 1.48. The molecule has 3 aliphatic rings. The first-order valence-electron chi connectivity index (χ1n) is 16.6. The maximum Gasteiger partial charge on any atom is 0.274 e. The number of benzene rings is 2. The molecule has 0 bridgehead atoms. The number of nitrogens with one attached hydrogen (secondary N) is 1. The van der Waals surface area contributed by atoms with Gasteiger partial charge in [-0.1, -0.05) is 6.07 Å². The highest BCUT2D eigenvalue weighted by atomic mass is 32.2. The molecule has 4 heterocycles. The van der Waals surface area contributed by atoms with E-state index in [1.165, 1.54) is 50.7 Å². The largest absolute Gasteiger partial charge is 0.497 e. The highest BCUT2D eigenvalue weighted by Crippen LogP contribution is 2.52. The molecule has 0 aliphatic carbocycles. The van der Waals surface area contributed by atoms with E-state index in [0.29, 0.717) is 23.4 Å². The lowest BCUT2D eigenvalue weighted by Crippen LogP contribution is -2.59. The Morgan fingerprint density at radius 3 is 2.43 bits per heavy atom. The SMILES string of the molecule is CCOc1ncccc1C1(C(=O)NN2CCC(N3CCN(C)CC3)CC2)C(=O)N(S(=O)(=O)c2ccc(OC)cc2OC)c2cc(F)c(C#N)cc21. The number of piperazine rings is 1. The number of halogens is 1. The number of hydrogen-bond acceptors (Lipinski definition) is 12. The molecule has 1 atom stereocenters. The molecule has 2 fully saturated rings. The summed E-state index contributed by atoms with van der Waals surface area (Å²) in [5.74, 6) is -3.19. The predicted molar refractivity (Wildman–Crippen MR) is 183 cm³/mol. The van der Waals surface area contributed by atoms with Gasteiger partial charge in [-0.05, 0) is 51.1 Å². The normalized spacial score (nSPS) is 20.5. The molecule has 0 spiro atoms. The topological polar surface area (TPSA) is 158 Å². The summed E-state index contributed by atoms with van der Waals surface area (Å²) < 4.78 is 61.5. The number of ether oxygens (including phenoxy) is 3.